The number of nitrogens with one attached hydrogen (secondary N) is 2. The van der Waals surface area contributed by atoms with Crippen LogP contribution in [-0.2, 0) is 0 Å². The van der Waals surface area contributed by atoms with Gasteiger partial charge in [-0.2, -0.15) is 0 Å². The Morgan fingerprint density at radius 1 is 1.04 bits per heavy atom. The lowest BCUT2D eigenvalue weighted by Crippen LogP contribution is -2.59. The molecule has 5 heteroatoms. The molecule has 142 valence electrons. The van der Waals surface area contributed by atoms with E-state index < -0.39 is 0 Å². The molecule has 0 radical (unpaired) electrons. The summed E-state index contributed by atoms with van der Waals surface area (Å²) in [5, 5.41) is 7.65. The highest BCUT2D eigenvalue weighted by atomic mass is 32.1. The highest BCUT2D eigenvalue weighted by Gasteiger charge is 2.42. The van der Waals surface area contributed by atoms with E-state index in [9.17, 15) is 0 Å². The molecule has 1 saturated carbocycles. The number of rotatable bonds is 4. The molecule has 0 aromatic heterocycles. The second kappa shape index (κ2) is 8.13. The highest BCUT2D eigenvalue weighted by Crippen LogP contribution is 2.39. The molecule has 3 atom stereocenters. The fraction of sp³-hybridized carbons (Fsp3) is 0.667. The standard InChI is InChI=1S/C21H31N3OS/c1-25-20-11-4-6-15(14-20)22-21(26)23-16-12-18-9-5-10-19(13-16)24(18)17-7-2-3-8-17/h4,6,11,14,16-19H,2-3,5,7-10,12-13H2,1H3,(H2,22,23,26)/t16?,18-,19+. The molecule has 4 nitrogen and oxygen atoms in total. The first-order valence-electron chi connectivity index (χ1n) is 10.2. The summed E-state index contributed by atoms with van der Waals surface area (Å²) >= 11 is 5.59. The van der Waals surface area contributed by atoms with E-state index in [1.54, 1.807) is 7.11 Å². The summed E-state index contributed by atoms with van der Waals surface area (Å²) in [5.41, 5.74) is 0.977. The van der Waals surface area contributed by atoms with Gasteiger partial charge >= 0.3 is 0 Å². The normalized spacial score (nSPS) is 29.3. The maximum Gasteiger partial charge on any atom is 0.170 e. The average molecular weight is 374 g/mol. The molecular formula is C21H31N3OS. The average Bonchev–Trinajstić information content (AvgIpc) is 3.15. The van der Waals surface area contributed by atoms with Crippen molar-refractivity contribution >= 4 is 23.0 Å². The number of anilines is 1. The third-order valence-corrected chi connectivity index (χ3v) is 6.66. The van der Waals surface area contributed by atoms with Crippen molar-refractivity contribution in [2.24, 2.45) is 0 Å². The summed E-state index contributed by atoms with van der Waals surface area (Å²) in [6.07, 6.45) is 12.3. The van der Waals surface area contributed by atoms with Gasteiger partial charge in [0.05, 0.1) is 7.11 Å². The molecule has 2 N–H and O–H groups in total. The number of nitrogens with zero attached hydrogens (tertiary/aromatic N) is 1. The zero-order valence-corrected chi connectivity index (χ0v) is 16.6. The Bertz CT molecular complexity index is 617. The molecule has 3 fully saturated rings. The van der Waals surface area contributed by atoms with Crippen molar-refractivity contribution in [2.45, 2.75) is 82.0 Å². The molecule has 2 saturated heterocycles. The number of thiocarbonyl (C=S) groups is 1. The molecular weight excluding hydrogens is 342 g/mol. The second-order valence-electron chi connectivity index (χ2n) is 8.12. The molecule has 4 rings (SSSR count). The smallest absolute Gasteiger partial charge is 0.170 e. The van der Waals surface area contributed by atoms with Gasteiger partial charge in [0.25, 0.3) is 0 Å². The quantitative estimate of drug-likeness (QED) is 0.769. The van der Waals surface area contributed by atoms with Crippen LogP contribution in [0.1, 0.15) is 57.8 Å². The van der Waals surface area contributed by atoms with Gasteiger partial charge in [-0.3, -0.25) is 4.90 Å². The van der Waals surface area contributed by atoms with Gasteiger partial charge in [-0.15, -0.1) is 0 Å². The number of hydrogen-bond acceptors (Lipinski definition) is 3. The largest absolute Gasteiger partial charge is 0.497 e. The maximum absolute atomic E-state index is 5.59. The Morgan fingerprint density at radius 2 is 1.73 bits per heavy atom. The third kappa shape index (κ3) is 3.99. The fourth-order valence-electron chi connectivity index (χ4n) is 5.39. The van der Waals surface area contributed by atoms with Crippen molar-refractivity contribution in [1.29, 1.82) is 0 Å². The number of fused-ring (bicyclic) bond motifs is 2. The van der Waals surface area contributed by atoms with Crippen LogP contribution in [0.15, 0.2) is 24.3 Å². The van der Waals surface area contributed by atoms with E-state index in [1.807, 2.05) is 24.3 Å². The summed E-state index contributed by atoms with van der Waals surface area (Å²) in [6.45, 7) is 0. The van der Waals surface area contributed by atoms with Gasteiger partial charge in [-0.05, 0) is 62.9 Å². The number of methoxy groups -OCH3 is 1. The summed E-state index contributed by atoms with van der Waals surface area (Å²) in [7, 11) is 1.69. The molecule has 2 bridgehead atoms. The maximum atomic E-state index is 5.59. The van der Waals surface area contributed by atoms with Gasteiger partial charge in [-0.25, -0.2) is 0 Å². The molecule has 26 heavy (non-hydrogen) atoms. The van der Waals surface area contributed by atoms with Crippen LogP contribution in [0.3, 0.4) is 0 Å². The SMILES string of the molecule is COc1cccc(NC(=S)NC2C[C@H]3CCC[C@@H](C2)N3C2CCCC2)c1. The first kappa shape index (κ1) is 18.1. The monoisotopic (exact) mass is 373 g/mol. The van der Waals surface area contributed by atoms with Crippen molar-refractivity contribution in [1.82, 2.24) is 10.2 Å². The summed E-state index contributed by atoms with van der Waals surface area (Å²) in [6, 6.07) is 10.8. The first-order chi connectivity index (χ1) is 12.7. The predicted octanol–water partition coefficient (Wildman–Crippen LogP) is 4.31. The van der Waals surface area contributed by atoms with Gasteiger partial charge in [0.2, 0.25) is 0 Å². The van der Waals surface area contributed by atoms with Crippen LogP contribution < -0.4 is 15.4 Å². The van der Waals surface area contributed by atoms with Crippen LogP contribution in [-0.4, -0.2) is 41.3 Å². The number of hydrogen-bond donors (Lipinski definition) is 2. The lowest BCUT2D eigenvalue weighted by molar-refractivity contribution is -0.00596. The van der Waals surface area contributed by atoms with Crippen LogP contribution in [0.25, 0.3) is 0 Å². The van der Waals surface area contributed by atoms with Crippen molar-refractivity contribution in [3.63, 3.8) is 0 Å². The third-order valence-electron chi connectivity index (χ3n) is 6.44. The van der Waals surface area contributed by atoms with Crippen molar-refractivity contribution < 1.29 is 4.74 Å². The van der Waals surface area contributed by atoms with Gasteiger partial charge in [-0.1, -0.05) is 25.3 Å². The molecule has 0 spiro atoms. The minimum absolute atomic E-state index is 0.494. The van der Waals surface area contributed by atoms with Crippen LogP contribution in [0.2, 0.25) is 0 Å². The molecule has 2 aliphatic heterocycles. The Balaban J connectivity index is 1.35. The summed E-state index contributed by atoms with van der Waals surface area (Å²) in [4.78, 5) is 2.91. The summed E-state index contributed by atoms with van der Waals surface area (Å²) < 4.78 is 5.29. The van der Waals surface area contributed by atoms with Crippen LogP contribution >= 0.6 is 12.2 Å². The van der Waals surface area contributed by atoms with Gasteiger partial charge in [0.15, 0.2) is 5.11 Å². The number of ether oxygens (including phenoxy) is 1. The highest BCUT2D eigenvalue weighted by molar-refractivity contribution is 7.80. The Kier molecular flexibility index (Phi) is 5.65. The van der Waals surface area contributed by atoms with E-state index in [0.29, 0.717) is 6.04 Å². The van der Waals surface area contributed by atoms with E-state index in [2.05, 4.69) is 15.5 Å². The van der Waals surface area contributed by atoms with Crippen LogP contribution in [0.5, 0.6) is 5.75 Å². The second-order valence-corrected chi connectivity index (χ2v) is 8.53. The predicted molar refractivity (Wildman–Crippen MR) is 111 cm³/mol. The molecule has 1 aromatic carbocycles. The van der Waals surface area contributed by atoms with E-state index in [0.717, 1.165) is 34.7 Å². The lowest BCUT2D eigenvalue weighted by Gasteiger charge is -2.52. The van der Waals surface area contributed by atoms with E-state index in [-0.39, 0.29) is 0 Å². The number of piperidine rings is 2. The molecule has 2 heterocycles. The van der Waals surface area contributed by atoms with Gasteiger partial charge in [0, 0.05) is 35.9 Å². The Morgan fingerprint density at radius 3 is 2.42 bits per heavy atom. The summed E-state index contributed by atoms with van der Waals surface area (Å²) in [5.74, 6) is 0.845. The van der Waals surface area contributed by atoms with Gasteiger partial charge < -0.3 is 15.4 Å². The molecule has 1 unspecified atom stereocenters. The van der Waals surface area contributed by atoms with Crippen molar-refractivity contribution in [3.05, 3.63) is 24.3 Å². The molecule has 0 amide bonds. The van der Waals surface area contributed by atoms with Crippen molar-refractivity contribution in [3.8, 4) is 5.75 Å². The minimum Gasteiger partial charge on any atom is -0.497 e. The Labute approximate surface area is 162 Å². The van der Waals surface area contributed by atoms with Gasteiger partial charge in [0.1, 0.15) is 5.75 Å². The zero-order chi connectivity index (χ0) is 17.9. The van der Waals surface area contributed by atoms with E-state index >= 15 is 0 Å². The van der Waals surface area contributed by atoms with Crippen LogP contribution in [0, 0.1) is 0 Å². The van der Waals surface area contributed by atoms with E-state index in [4.69, 9.17) is 17.0 Å². The van der Waals surface area contributed by atoms with Crippen LogP contribution in [0.4, 0.5) is 5.69 Å². The topological polar surface area (TPSA) is 36.5 Å². The fourth-order valence-corrected chi connectivity index (χ4v) is 5.67. The first-order valence-corrected chi connectivity index (χ1v) is 10.6. The molecule has 3 aliphatic rings. The Hall–Kier alpha value is -1.33. The zero-order valence-electron chi connectivity index (χ0n) is 15.7. The number of benzene rings is 1. The lowest BCUT2D eigenvalue weighted by atomic mass is 9.80. The van der Waals surface area contributed by atoms with Crippen molar-refractivity contribution in [2.75, 3.05) is 12.4 Å². The molecule has 1 aromatic rings. The van der Waals surface area contributed by atoms with E-state index in [1.165, 1.54) is 57.8 Å². The minimum atomic E-state index is 0.494. The molecule has 1 aliphatic carbocycles.